The Balaban J connectivity index is 3.08. The number of amides is 1. The summed E-state index contributed by atoms with van der Waals surface area (Å²) in [5.74, 6) is 3.23. The standard InChI is InChI=1S/C18H27NO2Si/c1-14-9-10-15(11-12-22(6,7)8)13-16(14)19(5)17(20)21-18(2,3)4/h9-10,13H,1-8H3. The second-order valence-corrected chi connectivity index (χ2v) is 12.3. The second kappa shape index (κ2) is 6.58. The van der Waals surface area contributed by atoms with Crippen LogP contribution in [0, 0.1) is 18.4 Å². The first-order chi connectivity index (χ1) is 9.89. The number of ether oxygens (including phenoxy) is 1. The first-order valence-corrected chi connectivity index (χ1v) is 11.0. The van der Waals surface area contributed by atoms with Gasteiger partial charge < -0.3 is 4.74 Å². The molecule has 3 nitrogen and oxygen atoms in total. The minimum atomic E-state index is -1.42. The summed E-state index contributed by atoms with van der Waals surface area (Å²) >= 11 is 0. The van der Waals surface area contributed by atoms with Gasteiger partial charge in [-0.3, -0.25) is 4.90 Å². The van der Waals surface area contributed by atoms with Gasteiger partial charge in [0, 0.05) is 12.6 Å². The summed E-state index contributed by atoms with van der Waals surface area (Å²) in [6.45, 7) is 14.2. The van der Waals surface area contributed by atoms with Crippen LogP contribution in [0.15, 0.2) is 18.2 Å². The molecule has 0 bridgehead atoms. The minimum Gasteiger partial charge on any atom is -0.443 e. The van der Waals surface area contributed by atoms with E-state index in [1.54, 1.807) is 11.9 Å². The third-order valence-corrected chi connectivity index (χ3v) is 3.69. The fourth-order valence-electron chi connectivity index (χ4n) is 1.74. The molecule has 0 fully saturated rings. The van der Waals surface area contributed by atoms with Crippen molar-refractivity contribution in [3.63, 3.8) is 0 Å². The molecular weight excluding hydrogens is 290 g/mol. The molecule has 0 aliphatic carbocycles. The fraction of sp³-hybridized carbons (Fsp3) is 0.500. The number of anilines is 1. The molecular formula is C18H27NO2Si. The molecule has 0 atom stereocenters. The maximum Gasteiger partial charge on any atom is 0.414 e. The molecule has 0 saturated carbocycles. The van der Waals surface area contributed by atoms with E-state index in [9.17, 15) is 4.79 Å². The third kappa shape index (κ3) is 5.95. The molecule has 0 radical (unpaired) electrons. The summed E-state index contributed by atoms with van der Waals surface area (Å²) in [5, 5.41) is 0. The highest BCUT2D eigenvalue weighted by atomic mass is 28.3. The zero-order valence-electron chi connectivity index (χ0n) is 15.0. The number of hydrogen-bond acceptors (Lipinski definition) is 2. The van der Waals surface area contributed by atoms with Gasteiger partial charge in [-0.15, -0.1) is 5.54 Å². The largest absolute Gasteiger partial charge is 0.443 e. The predicted molar refractivity (Wildman–Crippen MR) is 96.0 cm³/mol. The summed E-state index contributed by atoms with van der Waals surface area (Å²) in [5.41, 5.74) is 5.62. The fourth-order valence-corrected chi connectivity index (χ4v) is 2.26. The van der Waals surface area contributed by atoms with Gasteiger partial charge in [0.2, 0.25) is 0 Å². The van der Waals surface area contributed by atoms with Crippen molar-refractivity contribution in [2.75, 3.05) is 11.9 Å². The monoisotopic (exact) mass is 317 g/mol. The van der Waals surface area contributed by atoms with E-state index < -0.39 is 13.7 Å². The third-order valence-electron chi connectivity index (χ3n) is 2.82. The van der Waals surface area contributed by atoms with E-state index in [0.717, 1.165) is 16.8 Å². The Kier molecular flexibility index (Phi) is 5.48. The minimum absolute atomic E-state index is 0.356. The Labute approximate surface area is 135 Å². The van der Waals surface area contributed by atoms with Crippen LogP contribution in [0.2, 0.25) is 19.6 Å². The SMILES string of the molecule is Cc1ccc(C#C[Si](C)(C)C)cc1N(C)C(=O)OC(C)(C)C. The van der Waals surface area contributed by atoms with Crippen LogP contribution in [0.5, 0.6) is 0 Å². The number of benzene rings is 1. The zero-order valence-corrected chi connectivity index (χ0v) is 16.0. The van der Waals surface area contributed by atoms with Crippen molar-refractivity contribution in [2.24, 2.45) is 0 Å². The number of hydrogen-bond donors (Lipinski definition) is 0. The molecule has 0 aliphatic heterocycles. The molecule has 0 aliphatic rings. The predicted octanol–water partition coefficient (Wildman–Crippen LogP) is 4.60. The smallest absolute Gasteiger partial charge is 0.414 e. The molecule has 1 amide bonds. The van der Waals surface area contributed by atoms with E-state index >= 15 is 0 Å². The summed E-state index contributed by atoms with van der Waals surface area (Å²) in [6.07, 6.45) is -0.356. The van der Waals surface area contributed by atoms with E-state index in [4.69, 9.17) is 4.74 Å². The van der Waals surface area contributed by atoms with Gasteiger partial charge in [-0.25, -0.2) is 4.79 Å². The van der Waals surface area contributed by atoms with Crippen molar-refractivity contribution in [1.29, 1.82) is 0 Å². The molecule has 0 unspecified atom stereocenters. The maximum atomic E-state index is 12.2. The van der Waals surface area contributed by atoms with Crippen LogP contribution in [0.4, 0.5) is 10.5 Å². The van der Waals surface area contributed by atoms with E-state index in [-0.39, 0.29) is 6.09 Å². The van der Waals surface area contributed by atoms with E-state index in [0.29, 0.717) is 0 Å². The van der Waals surface area contributed by atoms with Gasteiger partial charge in [0.15, 0.2) is 0 Å². The van der Waals surface area contributed by atoms with Crippen molar-refractivity contribution < 1.29 is 9.53 Å². The lowest BCUT2D eigenvalue weighted by Crippen LogP contribution is -2.34. The number of carbonyl (C=O) groups excluding carboxylic acids is 1. The zero-order chi connectivity index (χ0) is 17.1. The van der Waals surface area contributed by atoms with Gasteiger partial charge in [-0.05, 0) is 45.4 Å². The van der Waals surface area contributed by atoms with Gasteiger partial charge in [-0.2, -0.15) is 0 Å². The number of carbonyl (C=O) groups is 1. The molecule has 0 spiro atoms. The molecule has 0 saturated heterocycles. The van der Waals surface area contributed by atoms with Gasteiger partial charge in [-0.1, -0.05) is 31.6 Å². The van der Waals surface area contributed by atoms with E-state index in [1.165, 1.54) is 0 Å². The maximum absolute atomic E-state index is 12.2. The highest BCUT2D eigenvalue weighted by molar-refractivity contribution is 6.83. The summed E-state index contributed by atoms with van der Waals surface area (Å²) in [6, 6.07) is 5.94. The molecule has 1 aromatic carbocycles. The van der Waals surface area contributed by atoms with Crippen LogP contribution in [-0.4, -0.2) is 26.8 Å². The lowest BCUT2D eigenvalue weighted by molar-refractivity contribution is 0.0589. The second-order valence-electron chi connectivity index (χ2n) is 7.54. The van der Waals surface area contributed by atoms with Crippen molar-refractivity contribution in [3.05, 3.63) is 29.3 Å². The Bertz CT molecular complexity index is 613. The van der Waals surface area contributed by atoms with Crippen molar-refractivity contribution in [1.82, 2.24) is 0 Å². The molecule has 1 rings (SSSR count). The average Bonchev–Trinajstić information content (AvgIpc) is 2.34. The van der Waals surface area contributed by atoms with Crippen LogP contribution >= 0.6 is 0 Å². The molecule has 120 valence electrons. The lowest BCUT2D eigenvalue weighted by Gasteiger charge is -2.25. The molecule has 4 heteroatoms. The number of rotatable bonds is 1. The Morgan fingerprint density at radius 3 is 2.32 bits per heavy atom. The highest BCUT2D eigenvalue weighted by Gasteiger charge is 2.21. The van der Waals surface area contributed by atoms with Gasteiger partial charge >= 0.3 is 6.09 Å². The van der Waals surface area contributed by atoms with Gasteiger partial charge in [0.05, 0.1) is 5.69 Å². The Morgan fingerprint density at radius 1 is 1.23 bits per heavy atom. The first kappa shape index (κ1) is 18.3. The van der Waals surface area contributed by atoms with Gasteiger partial charge in [0.25, 0.3) is 0 Å². The van der Waals surface area contributed by atoms with Crippen molar-refractivity contribution >= 4 is 19.9 Å². The van der Waals surface area contributed by atoms with E-state index in [1.807, 2.05) is 45.9 Å². The summed E-state index contributed by atoms with van der Waals surface area (Å²) in [4.78, 5) is 13.8. The topological polar surface area (TPSA) is 29.5 Å². The molecule has 1 aromatic rings. The molecule has 0 aromatic heterocycles. The van der Waals surface area contributed by atoms with Crippen LogP contribution in [0.3, 0.4) is 0 Å². The lowest BCUT2D eigenvalue weighted by atomic mass is 10.1. The Morgan fingerprint density at radius 2 is 1.82 bits per heavy atom. The molecule has 0 N–H and O–H groups in total. The number of aryl methyl sites for hydroxylation is 1. The highest BCUT2D eigenvalue weighted by Crippen LogP contribution is 2.22. The van der Waals surface area contributed by atoms with Crippen molar-refractivity contribution in [2.45, 2.75) is 52.9 Å². The van der Waals surface area contributed by atoms with Crippen LogP contribution in [-0.2, 0) is 4.74 Å². The quantitative estimate of drug-likeness (QED) is 0.560. The Hall–Kier alpha value is -1.73. The number of nitrogens with zero attached hydrogens (tertiary/aromatic N) is 1. The average molecular weight is 318 g/mol. The molecule has 22 heavy (non-hydrogen) atoms. The normalized spacial score (nSPS) is 11.5. The van der Waals surface area contributed by atoms with Crippen LogP contribution < -0.4 is 4.90 Å². The van der Waals surface area contributed by atoms with Crippen LogP contribution in [0.25, 0.3) is 0 Å². The van der Waals surface area contributed by atoms with Crippen LogP contribution in [0.1, 0.15) is 31.9 Å². The summed E-state index contributed by atoms with van der Waals surface area (Å²) in [7, 11) is 0.310. The van der Waals surface area contributed by atoms with Crippen molar-refractivity contribution in [3.8, 4) is 11.5 Å². The van der Waals surface area contributed by atoms with Gasteiger partial charge in [0.1, 0.15) is 13.7 Å². The first-order valence-electron chi connectivity index (χ1n) is 7.49. The summed E-state index contributed by atoms with van der Waals surface area (Å²) < 4.78 is 5.42. The molecule has 0 heterocycles. The van der Waals surface area contributed by atoms with E-state index in [2.05, 4.69) is 31.1 Å².